The fourth-order valence-corrected chi connectivity index (χ4v) is 3.84. The predicted molar refractivity (Wildman–Crippen MR) is 64.4 cm³/mol. The summed E-state index contributed by atoms with van der Waals surface area (Å²) in [5, 5.41) is 0. The molecule has 0 N–H and O–H groups in total. The molecule has 1 rings (SSSR count). The molecule has 0 spiro atoms. The third kappa shape index (κ3) is 4.93. The minimum absolute atomic E-state index is 0.526. The second kappa shape index (κ2) is 7.40. The third-order valence-electron chi connectivity index (χ3n) is 2.81. The van der Waals surface area contributed by atoms with Gasteiger partial charge in [0.1, 0.15) is 0 Å². The van der Waals surface area contributed by atoms with Gasteiger partial charge in [-0.05, 0) is 19.3 Å². The molecule has 1 aliphatic heterocycles. The summed E-state index contributed by atoms with van der Waals surface area (Å²) in [6.45, 7) is 3.76. The topological polar surface area (TPSA) is 40.2 Å². The summed E-state index contributed by atoms with van der Waals surface area (Å²) >= 11 is 0. The monoisotopic (exact) mass is 248 g/mol. The molecule has 4 nitrogen and oxygen atoms in total. The lowest BCUT2D eigenvalue weighted by molar-refractivity contribution is 0.0975. The third-order valence-corrected chi connectivity index (χ3v) is 5.66. The van der Waals surface area contributed by atoms with Gasteiger partial charge in [0, 0.05) is 26.9 Å². The van der Waals surface area contributed by atoms with Crippen LogP contribution in [0.4, 0.5) is 0 Å². The first-order valence-corrected chi connectivity index (χ1v) is 8.05. The van der Waals surface area contributed by atoms with E-state index < -0.39 is 8.80 Å². The Morgan fingerprint density at radius 3 is 2.44 bits per heavy atom. The van der Waals surface area contributed by atoms with Crippen molar-refractivity contribution in [2.24, 2.45) is 0 Å². The molecule has 1 saturated heterocycles. The standard InChI is InChI=1S/C11H24O4Si/c1-4-8-15-16(12-2,13-3)9-6-5-7-11-10-14-11/h11H,4-10H2,1-3H3. The Bertz CT molecular complexity index is 181. The molecule has 1 fully saturated rings. The predicted octanol–water partition coefficient (Wildman–Crippen LogP) is 2.21. The second-order valence-electron chi connectivity index (χ2n) is 4.14. The molecule has 16 heavy (non-hydrogen) atoms. The zero-order chi connectivity index (χ0) is 11.9. The highest BCUT2D eigenvalue weighted by molar-refractivity contribution is 6.60. The van der Waals surface area contributed by atoms with Crippen LogP contribution in [0.2, 0.25) is 6.04 Å². The van der Waals surface area contributed by atoms with Crippen LogP contribution in [0.15, 0.2) is 0 Å². The minimum Gasteiger partial charge on any atom is -0.377 e. The van der Waals surface area contributed by atoms with Crippen molar-refractivity contribution in [1.29, 1.82) is 0 Å². The molecule has 1 unspecified atom stereocenters. The van der Waals surface area contributed by atoms with Crippen molar-refractivity contribution >= 4 is 8.80 Å². The SMILES string of the molecule is CCCO[Si](CCCCC1CO1)(OC)OC. The van der Waals surface area contributed by atoms with Crippen molar-refractivity contribution in [3.63, 3.8) is 0 Å². The van der Waals surface area contributed by atoms with Crippen molar-refractivity contribution in [1.82, 2.24) is 0 Å². The Hall–Kier alpha value is 0.0569. The zero-order valence-electron chi connectivity index (χ0n) is 10.7. The van der Waals surface area contributed by atoms with Gasteiger partial charge in [-0.15, -0.1) is 0 Å². The van der Waals surface area contributed by atoms with E-state index >= 15 is 0 Å². The molecule has 0 saturated carbocycles. The molecule has 0 aromatic rings. The number of unbranched alkanes of at least 4 members (excludes halogenated alkanes) is 1. The van der Waals surface area contributed by atoms with E-state index in [0.29, 0.717) is 6.10 Å². The molecule has 0 amide bonds. The van der Waals surface area contributed by atoms with Gasteiger partial charge in [-0.3, -0.25) is 0 Å². The number of rotatable bonds is 10. The maximum atomic E-state index is 5.76. The van der Waals surface area contributed by atoms with Crippen LogP contribution in [0, 0.1) is 0 Å². The van der Waals surface area contributed by atoms with Crippen molar-refractivity contribution in [3.8, 4) is 0 Å². The first kappa shape index (κ1) is 14.1. The van der Waals surface area contributed by atoms with E-state index in [9.17, 15) is 0 Å². The van der Waals surface area contributed by atoms with Gasteiger partial charge in [-0.2, -0.15) is 0 Å². The maximum absolute atomic E-state index is 5.76. The van der Waals surface area contributed by atoms with Crippen molar-refractivity contribution < 1.29 is 18.0 Å². The largest absolute Gasteiger partial charge is 0.500 e. The molecule has 0 aromatic heterocycles. The molecular formula is C11H24O4Si. The quantitative estimate of drug-likeness (QED) is 0.338. The van der Waals surface area contributed by atoms with Crippen LogP contribution in [0.25, 0.3) is 0 Å². The molecule has 0 aromatic carbocycles. The Balaban J connectivity index is 2.18. The van der Waals surface area contributed by atoms with Crippen molar-refractivity contribution in [3.05, 3.63) is 0 Å². The number of hydrogen-bond donors (Lipinski definition) is 0. The van der Waals surface area contributed by atoms with Crippen molar-refractivity contribution in [2.45, 2.75) is 44.8 Å². The Morgan fingerprint density at radius 1 is 1.25 bits per heavy atom. The lowest BCUT2D eigenvalue weighted by Crippen LogP contribution is -2.44. The summed E-state index contributed by atoms with van der Waals surface area (Å²) in [5.41, 5.74) is 0. The highest BCUT2D eigenvalue weighted by atomic mass is 28.4. The summed E-state index contributed by atoms with van der Waals surface area (Å²) in [5.74, 6) is 0. The number of hydrogen-bond acceptors (Lipinski definition) is 4. The van der Waals surface area contributed by atoms with Crippen LogP contribution in [-0.4, -0.2) is 42.3 Å². The van der Waals surface area contributed by atoms with Crippen LogP contribution in [0.3, 0.4) is 0 Å². The fourth-order valence-electron chi connectivity index (χ4n) is 1.68. The zero-order valence-corrected chi connectivity index (χ0v) is 11.7. The molecular weight excluding hydrogens is 224 g/mol. The highest BCUT2D eigenvalue weighted by Crippen LogP contribution is 2.22. The number of epoxide rings is 1. The van der Waals surface area contributed by atoms with Crippen LogP contribution in [-0.2, 0) is 18.0 Å². The molecule has 0 aliphatic carbocycles. The van der Waals surface area contributed by atoms with E-state index in [4.69, 9.17) is 18.0 Å². The second-order valence-corrected chi connectivity index (χ2v) is 7.11. The Labute approximate surface area is 99.6 Å². The van der Waals surface area contributed by atoms with Crippen LogP contribution < -0.4 is 0 Å². The highest BCUT2D eigenvalue weighted by Gasteiger charge is 2.38. The summed E-state index contributed by atoms with van der Waals surface area (Å²) in [6.07, 6.45) is 4.94. The first-order valence-electron chi connectivity index (χ1n) is 6.12. The lowest BCUT2D eigenvalue weighted by atomic mass is 10.2. The Morgan fingerprint density at radius 2 is 1.94 bits per heavy atom. The average Bonchev–Trinajstić information content (AvgIpc) is 3.13. The average molecular weight is 248 g/mol. The van der Waals surface area contributed by atoms with E-state index in [1.54, 1.807) is 14.2 Å². The van der Waals surface area contributed by atoms with Gasteiger partial charge in [0.15, 0.2) is 0 Å². The van der Waals surface area contributed by atoms with Gasteiger partial charge < -0.3 is 18.0 Å². The molecule has 1 aliphatic rings. The smallest absolute Gasteiger partial charge is 0.377 e. The molecule has 5 heteroatoms. The van der Waals surface area contributed by atoms with Crippen LogP contribution in [0.5, 0.6) is 0 Å². The van der Waals surface area contributed by atoms with E-state index in [1.165, 1.54) is 6.42 Å². The maximum Gasteiger partial charge on any atom is 0.500 e. The van der Waals surface area contributed by atoms with Gasteiger partial charge in [0.2, 0.25) is 0 Å². The van der Waals surface area contributed by atoms with Crippen LogP contribution >= 0.6 is 0 Å². The molecule has 96 valence electrons. The molecule has 1 heterocycles. The normalized spacial score (nSPS) is 20.1. The van der Waals surface area contributed by atoms with Gasteiger partial charge in [-0.1, -0.05) is 13.3 Å². The van der Waals surface area contributed by atoms with Gasteiger partial charge in [0.05, 0.1) is 12.7 Å². The van der Waals surface area contributed by atoms with E-state index in [1.807, 2.05) is 0 Å². The van der Waals surface area contributed by atoms with Gasteiger partial charge >= 0.3 is 8.80 Å². The van der Waals surface area contributed by atoms with E-state index in [0.717, 1.165) is 38.5 Å². The molecule has 1 atom stereocenters. The first-order chi connectivity index (χ1) is 7.76. The number of ether oxygens (including phenoxy) is 1. The lowest BCUT2D eigenvalue weighted by Gasteiger charge is -2.26. The van der Waals surface area contributed by atoms with E-state index in [-0.39, 0.29) is 0 Å². The van der Waals surface area contributed by atoms with Gasteiger partial charge in [-0.25, -0.2) is 0 Å². The van der Waals surface area contributed by atoms with Gasteiger partial charge in [0.25, 0.3) is 0 Å². The van der Waals surface area contributed by atoms with Crippen LogP contribution in [0.1, 0.15) is 32.6 Å². The summed E-state index contributed by atoms with van der Waals surface area (Å²) in [6, 6.07) is 0.909. The van der Waals surface area contributed by atoms with Crippen molar-refractivity contribution in [2.75, 3.05) is 27.4 Å². The Kier molecular flexibility index (Phi) is 6.53. The summed E-state index contributed by atoms with van der Waals surface area (Å²) < 4.78 is 21.9. The molecule has 0 bridgehead atoms. The molecule has 0 radical (unpaired) electrons. The fraction of sp³-hybridized carbons (Fsp3) is 1.00. The summed E-state index contributed by atoms with van der Waals surface area (Å²) in [7, 11) is 1.02. The summed E-state index contributed by atoms with van der Waals surface area (Å²) in [4.78, 5) is 0. The minimum atomic E-state index is -2.36. The van der Waals surface area contributed by atoms with E-state index in [2.05, 4.69) is 6.92 Å².